The van der Waals surface area contributed by atoms with Crippen molar-refractivity contribution in [1.82, 2.24) is 0 Å². The second kappa shape index (κ2) is 5.91. The predicted octanol–water partition coefficient (Wildman–Crippen LogP) is 4.26. The molecule has 0 saturated heterocycles. The van der Waals surface area contributed by atoms with Gasteiger partial charge in [0.15, 0.2) is 0 Å². The SMILES string of the molecule is COc1ccc([C@@]2(c3ccc(F)cc3)CCCC(=O)C2)cc1. The highest BCUT2D eigenvalue weighted by molar-refractivity contribution is 5.82. The maximum absolute atomic E-state index is 13.3. The summed E-state index contributed by atoms with van der Waals surface area (Å²) in [6.07, 6.45) is 2.88. The first-order chi connectivity index (χ1) is 10.6. The van der Waals surface area contributed by atoms with Crippen molar-refractivity contribution < 1.29 is 13.9 Å². The minimum absolute atomic E-state index is 0.254. The third-order valence-electron chi connectivity index (χ3n) is 4.60. The van der Waals surface area contributed by atoms with Gasteiger partial charge in [-0.2, -0.15) is 0 Å². The zero-order valence-electron chi connectivity index (χ0n) is 12.6. The first kappa shape index (κ1) is 14.8. The molecular weight excluding hydrogens is 279 g/mol. The Labute approximate surface area is 129 Å². The molecule has 1 atom stereocenters. The first-order valence-electron chi connectivity index (χ1n) is 7.56. The summed E-state index contributed by atoms with van der Waals surface area (Å²) in [7, 11) is 1.63. The summed E-state index contributed by atoms with van der Waals surface area (Å²) in [5, 5.41) is 0. The Morgan fingerprint density at radius 2 is 1.59 bits per heavy atom. The molecule has 0 unspecified atom stereocenters. The normalized spacial score (nSPS) is 21.6. The van der Waals surface area contributed by atoms with Gasteiger partial charge in [0.05, 0.1) is 7.11 Å². The quantitative estimate of drug-likeness (QED) is 0.846. The fourth-order valence-electron chi connectivity index (χ4n) is 3.44. The van der Waals surface area contributed by atoms with Gasteiger partial charge in [0.2, 0.25) is 0 Å². The predicted molar refractivity (Wildman–Crippen MR) is 83.6 cm³/mol. The van der Waals surface area contributed by atoms with E-state index in [0.717, 1.165) is 29.7 Å². The minimum Gasteiger partial charge on any atom is -0.497 e. The van der Waals surface area contributed by atoms with E-state index in [1.807, 2.05) is 24.3 Å². The van der Waals surface area contributed by atoms with Gasteiger partial charge in [0.1, 0.15) is 17.3 Å². The van der Waals surface area contributed by atoms with Crippen molar-refractivity contribution in [1.29, 1.82) is 0 Å². The molecular formula is C19H19FO2. The van der Waals surface area contributed by atoms with Gasteiger partial charge in [-0.05, 0) is 48.2 Å². The van der Waals surface area contributed by atoms with Gasteiger partial charge in [-0.3, -0.25) is 4.79 Å². The van der Waals surface area contributed by atoms with Gasteiger partial charge in [0.25, 0.3) is 0 Å². The van der Waals surface area contributed by atoms with Gasteiger partial charge >= 0.3 is 0 Å². The second-order valence-corrected chi connectivity index (χ2v) is 5.89. The van der Waals surface area contributed by atoms with Gasteiger partial charge in [-0.25, -0.2) is 4.39 Å². The molecule has 0 bridgehead atoms. The number of methoxy groups -OCH3 is 1. The maximum Gasteiger partial charge on any atom is 0.134 e. The lowest BCUT2D eigenvalue weighted by Crippen LogP contribution is -2.34. The van der Waals surface area contributed by atoms with E-state index in [9.17, 15) is 9.18 Å². The van der Waals surface area contributed by atoms with Gasteiger partial charge in [0, 0.05) is 18.3 Å². The molecule has 1 fully saturated rings. The number of hydrogen-bond donors (Lipinski definition) is 0. The van der Waals surface area contributed by atoms with E-state index < -0.39 is 0 Å². The van der Waals surface area contributed by atoms with Crippen molar-refractivity contribution in [3.05, 3.63) is 65.5 Å². The van der Waals surface area contributed by atoms with E-state index in [0.29, 0.717) is 12.8 Å². The summed E-state index contributed by atoms with van der Waals surface area (Å²) >= 11 is 0. The number of carbonyl (C=O) groups excluding carboxylic acids is 1. The molecule has 0 amide bonds. The second-order valence-electron chi connectivity index (χ2n) is 5.89. The van der Waals surface area contributed by atoms with E-state index in [4.69, 9.17) is 4.74 Å². The lowest BCUT2D eigenvalue weighted by atomic mass is 9.65. The van der Waals surface area contributed by atoms with Crippen molar-refractivity contribution in [2.75, 3.05) is 7.11 Å². The molecule has 0 aromatic heterocycles. The van der Waals surface area contributed by atoms with Crippen LogP contribution in [0.25, 0.3) is 0 Å². The Kier molecular flexibility index (Phi) is 3.97. The molecule has 1 aliphatic carbocycles. The van der Waals surface area contributed by atoms with E-state index in [-0.39, 0.29) is 17.0 Å². The van der Waals surface area contributed by atoms with Crippen LogP contribution in [0.3, 0.4) is 0 Å². The van der Waals surface area contributed by atoms with Crippen LogP contribution in [0, 0.1) is 5.82 Å². The highest BCUT2D eigenvalue weighted by atomic mass is 19.1. The lowest BCUT2D eigenvalue weighted by Gasteiger charge is -2.38. The fraction of sp³-hybridized carbons (Fsp3) is 0.316. The molecule has 0 spiro atoms. The minimum atomic E-state index is -0.352. The average molecular weight is 298 g/mol. The van der Waals surface area contributed by atoms with Crippen molar-refractivity contribution in [2.45, 2.75) is 31.1 Å². The monoisotopic (exact) mass is 298 g/mol. The highest BCUT2D eigenvalue weighted by Crippen LogP contribution is 2.44. The van der Waals surface area contributed by atoms with Gasteiger partial charge in [-0.15, -0.1) is 0 Å². The van der Waals surface area contributed by atoms with Crippen LogP contribution in [0.5, 0.6) is 5.75 Å². The molecule has 2 aromatic rings. The molecule has 0 radical (unpaired) electrons. The van der Waals surface area contributed by atoms with Gasteiger partial charge < -0.3 is 4.74 Å². The fourth-order valence-corrected chi connectivity index (χ4v) is 3.44. The van der Waals surface area contributed by atoms with Crippen molar-refractivity contribution in [3.63, 3.8) is 0 Å². The molecule has 22 heavy (non-hydrogen) atoms. The van der Waals surface area contributed by atoms with E-state index >= 15 is 0 Å². The molecule has 0 heterocycles. The Balaban J connectivity index is 2.09. The van der Waals surface area contributed by atoms with Crippen LogP contribution in [0.1, 0.15) is 36.8 Å². The van der Waals surface area contributed by atoms with Gasteiger partial charge in [-0.1, -0.05) is 24.3 Å². The smallest absolute Gasteiger partial charge is 0.134 e. The third-order valence-corrected chi connectivity index (χ3v) is 4.60. The number of halogens is 1. The van der Waals surface area contributed by atoms with Crippen LogP contribution in [0.2, 0.25) is 0 Å². The Bertz CT molecular complexity index is 661. The third kappa shape index (κ3) is 2.63. The number of hydrogen-bond acceptors (Lipinski definition) is 2. The van der Waals surface area contributed by atoms with Crippen LogP contribution in [0.4, 0.5) is 4.39 Å². The van der Waals surface area contributed by atoms with Crippen molar-refractivity contribution in [2.24, 2.45) is 0 Å². The molecule has 0 N–H and O–H groups in total. The van der Waals surface area contributed by atoms with Crippen LogP contribution in [-0.4, -0.2) is 12.9 Å². The Morgan fingerprint density at radius 3 is 2.14 bits per heavy atom. The number of ether oxygens (including phenoxy) is 1. The molecule has 3 heteroatoms. The average Bonchev–Trinajstić information content (AvgIpc) is 2.55. The van der Waals surface area contributed by atoms with Crippen LogP contribution in [0.15, 0.2) is 48.5 Å². The summed E-state index contributed by atoms with van der Waals surface area (Å²) < 4.78 is 18.5. The Hall–Kier alpha value is -2.16. The largest absolute Gasteiger partial charge is 0.497 e. The molecule has 2 nitrogen and oxygen atoms in total. The molecule has 3 rings (SSSR count). The summed E-state index contributed by atoms with van der Waals surface area (Å²) in [5.74, 6) is 0.808. The zero-order chi connectivity index (χ0) is 15.6. The molecule has 114 valence electrons. The standard InChI is InChI=1S/C19H19FO2/c1-22-18-10-6-15(7-11-18)19(12-2-3-17(21)13-19)14-4-8-16(20)9-5-14/h4-11H,2-3,12-13H2,1H3/t19-/m0/s1. The lowest BCUT2D eigenvalue weighted by molar-refractivity contribution is -0.121. The van der Waals surface area contributed by atoms with E-state index in [1.54, 1.807) is 19.2 Å². The Morgan fingerprint density at radius 1 is 1.00 bits per heavy atom. The number of carbonyl (C=O) groups is 1. The van der Waals surface area contributed by atoms with Crippen molar-refractivity contribution >= 4 is 5.78 Å². The summed E-state index contributed by atoms with van der Waals surface area (Å²) in [6, 6.07) is 14.4. The first-order valence-corrected chi connectivity index (χ1v) is 7.56. The summed E-state index contributed by atoms with van der Waals surface area (Å²) in [6.45, 7) is 0. The number of benzene rings is 2. The number of rotatable bonds is 3. The topological polar surface area (TPSA) is 26.3 Å². The molecule has 1 saturated carbocycles. The molecule has 1 aliphatic rings. The van der Waals surface area contributed by atoms with Crippen LogP contribution < -0.4 is 4.74 Å². The van der Waals surface area contributed by atoms with Crippen molar-refractivity contribution in [3.8, 4) is 5.75 Å². The number of ketones is 1. The molecule has 2 aromatic carbocycles. The summed E-state index contributed by atoms with van der Waals surface area (Å²) in [4.78, 5) is 12.1. The van der Waals surface area contributed by atoms with E-state index in [1.165, 1.54) is 12.1 Å². The highest BCUT2D eigenvalue weighted by Gasteiger charge is 2.38. The zero-order valence-corrected chi connectivity index (χ0v) is 12.6. The maximum atomic E-state index is 13.3. The van der Waals surface area contributed by atoms with Crippen LogP contribution >= 0.6 is 0 Å². The van der Waals surface area contributed by atoms with Crippen LogP contribution in [-0.2, 0) is 10.2 Å². The van der Waals surface area contributed by atoms with E-state index in [2.05, 4.69) is 0 Å². The number of Topliss-reactive ketones (excluding diaryl/α,β-unsaturated/α-hetero) is 1. The molecule has 0 aliphatic heterocycles. The summed E-state index contributed by atoms with van der Waals surface area (Å²) in [5.41, 5.74) is 1.75.